The van der Waals surface area contributed by atoms with Crippen molar-refractivity contribution in [3.05, 3.63) is 53.9 Å². The first-order valence-electron chi connectivity index (χ1n) is 9.40. The van der Waals surface area contributed by atoms with Crippen LogP contribution in [0.5, 0.6) is 0 Å². The van der Waals surface area contributed by atoms with Gasteiger partial charge in [0.25, 0.3) is 5.91 Å². The van der Waals surface area contributed by atoms with E-state index in [4.69, 9.17) is 0 Å². The topological polar surface area (TPSA) is 74.5 Å². The van der Waals surface area contributed by atoms with Crippen LogP contribution in [0.4, 0.5) is 0 Å². The number of hydrogen-bond acceptors (Lipinski definition) is 3. The molecule has 2 aromatic rings. The summed E-state index contributed by atoms with van der Waals surface area (Å²) in [5.41, 5.74) is 1.85. The molecule has 0 atom stereocenters. The summed E-state index contributed by atoms with van der Waals surface area (Å²) in [5, 5.41) is 10.8. The number of aliphatic imine (C=N–C) groups is 1. The maximum absolute atomic E-state index is 12.1. The highest BCUT2D eigenvalue weighted by Gasteiger charge is 2.08. The number of amides is 1. The predicted octanol–water partition coefficient (Wildman–Crippen LogP) is 2.39. The van der Waals surface area contributed by atoms with Gasteiger partial charge in [-0.1, -0.05) is 12.1 Å². The van der Waals surface area contributed by atoms with Gasteiger partial charge in [0.05, 0.1) is 0 Å². The van der Waals surface area contributed by atoms with Crippen molar-refractivity contribution < 1.29 is 4.79 Å². The van der Waals surface area contributed by atoms with Crippen LogP contribution in [0.2, 0.25) is 0 Å². The van der Waals surface area contributed by atoms with E-state index in [9.17, 15) is 4.79 Å². The SMILES string of the molecule is CCNC(=NCCCn1cccn1)NCCc1cccc(C(=O)N(C)C)c1.I. The van der Waals surface area contributed by atoms with Gasteiger partial charge in [-0.25, -0.2) is 0 Å². The Morgan fingerprint density at radius 2 is 2.07 bits per heavy atom. The van der Waals surface area contributed by atoms with E-state index < -0.39 is 0 Å². The van der Waals surface area contributed by atoms with E-state index in [-0.39, 0.29) is 29.9 Å². The third-order valence-corrected chi connectivity index (χ3v) is 4.00. The van der Waals surface area contributed by atoms with E-state index in [0.717, 1.165) is 56.1 Å². The first kappa shape index (κ1) is 23.9. The molecule has 0 aliphatic carbocycles. The summed E-state index contributed by atoms with van der Waals surface area (Å²) in [6.45, 7) is 5.23. The summed E-state index contributed by atoms with van der Waals surface area (Å²) >= 11 is 0. The van der Waals surface area contributed by atoms with Gasteiger partial charge in [-0.05, 0) is 43.5 Å². The molecule has 0 saturated heterocycles. The summed E-state index contributed by atoms with van der Waals surface area (Å²) in [7, 11) is 3.53. The van der Waals surface area contributed by atoms with Gasteiger partial charge in [0.2, 0.25) is 0 Å². The number of aromatic nitrogens is 2. The minimum absolute atomic E-state index is 0. The fourth-order valence-electron chi connectivity index (χ4n) is 2.64. The van der Waals surface area contributed by atoms with E-state index >= 15 is 0 Å². The molecular formula is C20H31IN6O. The monoisotopic (exact) mass is 498 g/mol. The molecule has 8 heteroatoms. The molecule has 0 fully saturated rings. The van der Waals surface area contributed by atoms with Gasteiger partial charge in [-0.2, -0.15) is 5.10 Å². The van der Waals surface area contributed by atoms with Crippen LogP contribution in [0.3, 0.4) is 0 Å². The molecule has 0 bridgehead atoms. The van der Waals surface area contributed by atoms with Gasteiger partial charge in [0.1, 0.15) is 0 Å². The van der Waals surface area contributed by atoms with Crippen molar-refractivity contribution >= 4 is 35.8 Å². The Balaban J connectivity index is 0.00000392. The Labute approximate surface area is 184 Å². The van der Waals surface area contributed by atoms with E-state index in [0.29, 0.717) is 0 Å². The number of halogens is 1. The molecule has 2 rings (SSSR count). The van der Waals surface area contributed by atoms with E-state index in [1.54, 1.807) is 25.2 Å². The number of hydrogen-bond donors (Lipinski definition) is 2. The molecule has 0 unspecified atom stereocenters. The van der Waals surface area contributed by atoms with E-state index in [2.05, 4.69) is 27.6 Å². The summed E-state index contributed by atoms with van der Waals surface area (Å²) in [6, 6.07) is 9.71. The average Bonchev–Trinajstić information content (AvgIpc) is 3.18. The highest BCUT2D eigenvalue weighted by atomic mass is 127. The maximum Gasteiger partial charge on any atom is 0.253 e. The molecular weight excluding hydrogens is 467 g/mol. The molecule has 0 saturated carbocycles. The van der Waals surface area contributed by atoms with Gasteiger partial charge in [-0.15, -0.1) is 24.0 Å². The van der Waals surface area contributed by atoms with Crippen molar-refractivity contribution in [3.8, 4) is 0 Å². The Morgan fingerprint density at radius 3 is 2.75 bits per heavy atom. The number of carbonyl (C=O) groups excluding carboxylic acids is 1. The number of nitrogens with one attached hydrogen (secondary N) is 2. The summed E-state index contributed by atoms with van der Waals surface area (Å²) in [4.78, 5) is 18.3. The van der Waals surface area contributed by atoms with E-state index in [1.807, 2.05) is 41.2 Å². The Bertz CT molecular complexity index is 730. The van der Waals surface area contributed by atoms with Crippen LogP contribution < -0.4 is 10.6 Å². The lowest BCUT2D eigenvalue weighted by Crippen LogP contribution is -2.38. The molecule has 1 heterocycles. The Kier molecular flexibility index (Phi) is 11.2. The molecule has 0 spiro atoms. The molecule has 154 valence electrons. The van der Waals surface area contributed by atoms with Crippen LogP contribution in [0.25, 0.3) is 0 Å². The summed E-state index contributed by atoms with van der Waals surface area (Å²) < 4.78 is 1.91. The van der Waals surface area contributed by atoms with Crippen molar-refractivity contribution in [2.75, 3.05) is 33.7 Å². The van der Waals surface area contributed by atoms with Crippen molar-refractivity contribution in [1.82, 2.24) is 25.3 Å². The van der Waals surface area contributed by atoms with Crippen LogP contribution >= 0.6 is 24.0 Å². The number of benzene rings is 1. The highest BCUT2D eigenvalue weighted by molar-refractivity contribution is 14.0. The van der Waals surface area contributed by atoms with Crippen molar-refractivity contribution in [2.45, 2.75) is 26.3 Å². The van der Waals surface area contributed by atoms with Crippen molar-refractivity contribution in [3.63, 3.8) is 0 Å². The third kappa shape index (κ3) is 8.28. The first-order valence-corrected chi connectivity index (χ1v) is 9.40. The molecule has 1 amide bonds. The van der Waals surface area contributed by atoms with E-state index in [1.165, 1.54) is 0 Å². The fourth-order valence-corrected chi connectivity index (χ4v) is 2.64. The van der Waals surface area contributed by atoms with Crippen LogP contribution in [-0.2, 0) is 13.0 Å². The zero-order valence-electron chi connectivity index (χ0n) is 16.9. The lowest BCUT2D eigenvalue weighted by atomic mass is 10.1. The van der Waals surface area contributed by atoms with Gasteiger partial charge in [-0.3, -0.25) is 14.5 Å². The van der Waals surface area contributed by atoms with Crippen LogP contribution in [0.15, 0.2) is 47.7 Å². The second-order valence-corrected chi connectivity index (χ2v) is 6.46. The number of carbonyl (C=O) groups is 1. The number of rotatable bonds is 9. The number of aryl methyl sites for hydroxylation is 1. The molecule has 7 nitrogen and oxygen atoms in total. The molecule has 0 aliphatic rings. The van der Waals surface area contributed by atoms with Crippen LogP contribution in [-0.4, -0.2) is 60.3 Å². The normalized spacial score (nSPS) is 10.9. The molecule has 28 heavy (non-hydrogen) atoms. The largest absolute Gasteiger partial charge is 0.357 e. The zero-order valence-corrected chi connectivity index (χ0v) is 19.2. The summed E-state index contributed by atoms with van der Waals surface area (Å²) in [6.07, 6.45) is 5.51. The molecule has 0 radical (unpaired) electrons. The molecule has 2 N–H and O–H groups in total. The maximum atomic E-state index is 12.1. The second kappa shape index (κ2) is 13.1. The predicted molar refractivity (Wildman–Crippen MR) is 124 cm³/mol. The lowest BCUT2D eigenvalue weighted by molar-refractivity contribution is 0.0827. The highest BCUT2D eigenvalue weighted by Crippen LogP contribution is 2.07. The zero-order chi connectivity index (χ0) is 19.5. The fraction of sp³-hybridized carbons (Fsp3) is 0.450. The second-order valence-electron chi connectivity index (χ2n) is 6.46. The van der Waals surface area contributed by atoms with Gasteiger partial charge in [0, 0.05) is 58.2 Å². The van der Waals surface area contributed by atoms with Crippen LogP contribution in [0, 0.1) is 0 Å². The Hall–Kier alpha value is -2.10. The van der Waals surface area contributed by atoms with Crippen molar-refractivity contribution in [2.24, 2.45) is 4.99 Å². The Morgan fingerprint density at radius 1 is 1.25 bits per heavy atom. The minimum atomic E-state index is 0. The third-order valence-electron chi connectivity index (χ3n) is 4.00. The quantitative estimate of drug-likeness (QED) is 0.241. The lowest BCUT2D eigenvalue weighted by Gasteiger charge is -2.13. The number of nitrogens with zero attached hydrogens (tertiary/aromatic N) is 4. The number of guanidine groups is 1. The van der Waals surface area contributed by atoms with Gasteiger partial charge >= 0.3 is 0 Å². The summed E-state index contributed by atoms with van der Waals surface area (Å²) in [5.74, 6) is 0.843. The first-order chi connectivity index (χ1) is 13.1. The van der Waals surface area contributed by atoms with Crippen molar-refractivity contribution in [1.29, 1.82) is 0 Å². The van der Waals surface area contributed by atoms with Gasteiger partial charge in [0.15, 0.2) is 5.96 Å². The van der Waals surface area contributed by atoms with Gasteiger partial charge < -0.3 is 15.5 Å². The molecule has 1 aromatic carbocycles. The molecule has 1 aromatic heterocycles. The average molecular weight is 498 g/mol. The minimum Gasteiger partial charge on any atom is -0.357 e. The van der Waals surface area contributed by atoms with Crippen LogP contribution in [0.1, 0.15) is 29.3 Å². The smallest absolute Gasteiger partial charge is 0.253 e. The molecule has 0 aliphatic heterocycles. The standard InChI is InChI=1S/C20H30N6O.HI/c1-4-21-20(22-11-6-14-26-15-7-12-24-26)23-13-10-17-8-5-9-18(16-17)19(27)25(2)3;/h5,7-9,12,15-16H,4,6,10-11,13-14H2,1-3H3,(H2,21,22,23);1H.